The monoisotopic (exact) mass is 496 g/mol. The van der Waals surface area contributed by atoms with Crippen LogP contribution in [0.4, 0.5) is 11.4 Å². The quantitative estimate of drug-likeness (QED) is 0.250. The van der Waals surface area contributed by atoms with Crippen LogP contribution >= 0.6 is 0 Å². The summed E-state index contributed by atoms with van der Waals surface area (Å²) in [5.41, 5.74) is 6.35. The second-order valence-corrected chi connectivity index (χ2v) is 10.3. The molecule has 0 radical (unpaired) electrons. The first-order valence-electron chi connectivity index (χ1n) is 13.5. The maximum atomic E-state index is 13.5. The van der Waals surface area contributed by atoms with E-state index in [0.29, 0.717) is 24.9 Å². The lowest BCUT2D eigenvalue weighted by molar-refractivity contribution is -0.153. The summed E-state index contributed by atoms with van der Waals surface area (Å²) in [5.74, 6) is -0.360. The Hall–Kier alpha value is -3.60. The van der Waals surface area contributed by atoms with Gasteiger partial charge in [-0.2, -0.15) is 0 Å². The highest BCUT2D eigenvalue weighted by Gasteiger charge is 2.51. The van der Waals surface area contributed by atoms with E-state index in [1.165, 1.54) is 31.9 Å². The number of carbonyl (C=O) groups excluding carboxylic acids is 2. The van der Waals surface area contributed by atoms with Crippen LogP contribution in [-0.4, -0.2) is 29.4 Å². The zero-order valence-electron chi connectivity index (χ0n) is 21.9. The Bertz CT molecular complexity index is 1260. The van der Waals surface area contributed by atoms with Crippen molar-refractivity contribution >= 4 is 23.3 Å². The van der Waals surface area contributed by atoms with Gasteiger partial charge in [0.15, 0.2) is 0 Å². The van der Waals surface area contributed by atoms with E-state index in [9.17, 15) is 9.59 Å². The fourth-order valence-electron chi connectivity index (χ4n) is 5.81. The Morgan fingerprint density at radius 1 is 0.919 bits per heavy atom. The number of ether oxygens (including phenoxy) is 1. The van der Waals surface area contributed by atoms with E-state index in [1.807, 2.05) is 12.1 Å². The van der Waals surface area contributed by atoms with Crippen LogP contribution in [0.2, 0.25) is 0 Å². The van der Waals surface area contributed by atoms with Crippen LogP contribution in [0.25, 0.3) is 11.1 Å². The summed E-state index contributed by atoms with van der Waals surface area (Å²) in [6, 6.07) is 23.0. The smallest absolute Gasteiger partial charge is 0.331 e. The highest BCUT2D eigenvalue weighted by atomic mass is 16.5. The van der Waals surface area contributed by atoms with Crippen molar-refractivity contribution in [2.24, 2.45) is 0 Å². The summed E-state index contributed by atoms with van der Waals surface area (Å²) in [5, 5.41) is 3.48. The van der Waals surface area contributed by atoms with Crippen LogP contribution in [0.1, 0.15) is 73.4 Å². The molecule has 5 rings (SSSR count). The number of benzene rings is 3. The Labute approximate surface area is 219 Å². The van der Waals surface area contributed by atoms with Crippen molar-refractivity contribution in [3.63, 3.8) is 0 Å². The molecule has 3 aromatic rings. The van der Waals surface area contributed by atoms with E-state index in [2.05, 4.69) is 66.8 Å². The Morgan fingerprint density at radius 2 is 1.57 bits per heavy atom. The fourth-order valence-corrected chi connectivity index (χ4v) is 5.81. The number of unbranched alkanes of at least 4 members (excludes halogenated alkanes) is 2. The van der Waals surface area contributed by atoms with E-state index >= 15 is 0 Å². The summed E-state index contributed by atoms with van der Waals surface area (Å²) in [4.78, 5) is 27.9. The summed E-state index contributed by atoms with van der Waals surface area (Å²) >= 11 is 0. The molecular formula is C32H36N2O3. The molecule has 0 spiro atoms. The minimum Gasteiger partial charge on any atom is -0.467 e. The largest absolute Gasteiger partial charge is 0.467 e. The summed E-state index contributed by atoms with van der Waals surface area (Å²) < 4.78 is 5.13. The highest BCUT2D eigenvalue weighted by molar-refractivity contribution is 6.02. The zero-order chi connectivity index (χ0) is 25.8. The number of amides is 1. The number of fused-ring (bicyclic) bond motifs is 1. The van der Waals surface area contributed by atoms with Gasteiger partial charge in [-0.15, -0.1) is 0 Å². The number of rotatable bonds is 9. The van der Waals surface area contributed by atoms with Crippen LogP contribution in [0, 0.1) is 0 Å². The standard InChI is InChI=1S/C32H36N2O3/c1-3-4-5-8-23-9-15-27(16-10-23)33-28-17-13-24(14-18-28)25-11-12-26-22-34(30(35)29(26)21-25)32(31(36)37-2)19-6-7-20-32/h9-18,21,33H,3-8,19-20,22H2,1-2H3. The summed E-state index contributed by atoms with van der Waals surface area (Å²) in [7, 11) is 1.41. The average molecular weight is 497 g/mol. The van der Waals surface area contributed by atoms with E-state index in [4.69, 9.17) is 4.74 Å². The van der Waals surface area contributed by atoms with Crippen molar-refractivity contribution in [3.8, 4) is 11.1 Å². The third-order valence-electron chi connectivity index (χ3n) is 7.96. The van der Waals surface area contributed by atoms with Gasteiger partial charge in [0.25, 0.3) is 5.91 Å². The fraction of sp³-hybridized carbons (Fsp3) is 0.375. The first-order valence-corrected chi connectivity index (χ1v) is 13.5. The van der Waals surface area contributed by atoms with Gasteiger partial charge in [0.1, 0.15) is 5.54 Å². The van der Waals surface area contributed by atoms with Gasteiger partial charge < -0.3 is 15.0 Å². The van der Waals surface area contributed by atoms with Crippen LogP contribution in [0.5, 0.6) is 0 Å². The van der Waals surface area contributed by atoms with Crippen molar-refractivity contribution in [3.05, 3.63) is 83.4 Å². The van der Waals surface area contributed by atoms with Crippen LogP contribution < -0.4 is 5.32 Å². The summed E-state index contributed by atoms with van der Waals surface area (Å²) in [6.07, 6.45) is 8.10. The molecule has 2 aliphatic rings. The van der Waals surface area contributed by atoms with Crippen molar-refractivity contribution in [2.75, 3.05) is 12.4 Å². The van der Waals surface area contributed by atoms with Crippen LogP contribution in [-0.2, 0) is 22.5 Å². The van der Waals surface area contributed by atoms with Crippen molar-refractivity contribution in [1.82, 2.24) is 4.90 Å². The first-order chi connectivity index (χ1) is 18.0. The Balaban J connectivity index is 1.28. The van der Waals surface area contributed by atoms with Crippen LogP contribution in [0.15, 0.2) is 66.7 Å². The van der Waals surface area contributed by atoms with Crippen molar-refractivity contribution in [1.29, 1.82) is 0 Å². The van der Waals surface area contributed by atoms with Gasteiger partial charge in [0, 0.05) is 23.5 Å². The molecule has 192 valence electrons. The molecule has 1 fully saturated rings. The molecule has 1 aliphatic heterocycles. The number of esters is 1. The number of carbonyl (C=O) groups is 2. The molecule has 37 heavy (non-hydrogen) atoms. The van der Waals surface area contributed by atoms with Crippen molar-refractivity contribution in [2.45, 2.75) is 70.4 Å². The predicted octanol–water partition coefficient (Wildman–Crippen LogP) is 7.27. The van der Waals surface area contributed by atoms with Crippen LogP contribution in [0.3, 0.4) is 0 Å². The Morgan fingerprint density at radius 3 is 2.22 bits per heavy atom. The zero-order valence-corrected chi connectivity index (χ0v) is 21.9. The average Bonchev–Trinajstić information content (AvgIpc) is 3.55. The van der Waals surface area contributed by atoms with Gasteiger partial charge in [-0.05, 0) is 78.3 Å². The molecule has 1 heterocycles. The van der Waals surface area contributed by atoms with Gasteiger partial charge in [-0.25, -0.2) is 4.79 Å². The molecule has 0 unspecified atom stereocenters. The lowest BCUT2D eigenvalue weighted by Gasteiger charge is -2.35. The number of nitrogens with zero attached hydrogens (tertiary/aromatic N) is 1. The lowest BCUT2D eigenvalue weighted by Crippen LogP contribution is -2.53. The van der Waals surface area contributed by atoms with E-state index in [0.717, 1.165) is 47.3 Å². The maximum absolute atomic E-state index is 13.5. The van der Waals surface area contributed by atoms with Gasteiger partial charge in [0.2, 0.25) is 0 Å². The molecule has 3 aromatic carbocycles. The van der Waals surface area contributed by atoms with Gasteiger partial charge in [-0.3, -0.25) is 4.79 Å². The third kappa shape index (κ3) is 5.00. The second kappa shape index (κ2) is 10.8. The van der Waals surface area contributed by atoms with E-state index in [1.54, 1.807) is 4.90 Å². The topological polar surface area (TPSA) is 58.6 Å². The molecule has 0 saturated heterocycles. The molecule has 1 saturated carbocycles. The molecule has 5 nitrogen and oxygen atoms in total. The van der Waals surface area contributed by atoms with E-state index in [-0.39, 0.29) is 11.9 Å². The number of nitrogens with one attached hydrogen (secondary N) is 1. The maximum Gasteiger partial charge on any atom is 0.331 e. The number of aryl methyl sites for hydroxylation is 1. The lowest BCUT2D eigenvalue weighted by atomic mass is 9.95. The molecule has 1 amide bonds. The second-order valence-electron chi connectivity index (χ2n) is 10.3. The summed E-state index contributed by atoms with van der Waals surface area (Å²) in [6.45, 7) is 2.69. The molecular weight excluding hydrogens is 460 g/mol. The predicted molar refractivity (Wildman–Crippen MR) is 148 cm³/mol. The normalized spacial score (nSPS) is 16.1. The SMILES string of the molecule is CCCCCc1ccc(Nc2ccc(-c3ccc4c(c3)C(=O)N(C3(C(=O)OC)CCCC3)C4)cc2)cc1. The number of hydrogen-bond acceptors (Lipinski definition) is 4. The Kier molecular flexibility index (Phi) is 7.31. The molecule has 0 atom stereocenters. The third-order valence-corrected chi connectivity index (χ3v) is 7.96. The van der Waals surface area contributed by atoms with Crippen molar-refractivity contribution < 1.29 is 14.3 Å². The molecule has 1 N–H and O–H groups in total. The minimum atomic E-state index is -0.827. The minimum absolute atomic E-state index is 0.0689. The highest BCUT2D eigenvalue weighted by Crippen LogP contribution is 2.42. The molecule has 5 heteroatoms. The number of hydrogen-bond donors (Lipinski definition) is 1. The molecule has 0 aromatic heterocycles. The van der Waals surface area contributed by atoms with Gasteiger partial charge in [0.05, 0.1) is 7.11 Å². The molecule has 1 aliphatic carbocycles. The number of methoxy groups -OCH3 is 1. The first kappa shape index (κ1) is 25.1. The van der Waals surface area contributed by atoms with Gasteiger partial charge in [-0.1, -0.05) is 69.0 Å². The number of anilines is 2. The van der Waals surface area contributed by atoms with E-state index < -0.39 is 5.54 Å². The van der Waals surface area contributed by atoms with Gasteiger partial charge >= 0.3 is 5.97 Å². The molecule has 0 bridgehead atoms.